The number of rotatable bonds is 2. The van der Waals surface area contributed by atoms with E-state index in [9.17, 15) is 9.90 Å². The van der Waals surface area contributed by atoms with Crippen molar-refractivity contribution in [1.82, 2.24) is 14.8 Å². The Morgan fingerprint density at radius 1 is 0.958 bits per heavy atom. The number of anilines is 1. The van der Waals surface area contributed by atoms with E-state index in [1.807, 2.05) is 35.9 Å². The first kappa shape index (κ1) is 14.4. The summed E-state index contributed by atoms with van der Waals surface area (Å²) in [7, 11) is 2.05. The van der Waals surface area contributed by atoms with E-state index < -0.39 is 5.97 Å². The number of benzene rings is 2. The smallest absolute Gasteiger partial charge is 0.336 e. The van der Waals surface area contributed by atoms with Crippen molar-refractivity contribution in [3.8, 4) is 22.8 Å². The first-order valence-corrected chi connectivity index (χ1v) is 7.73. The van der Waals surface area contributed by atoms with Crippen LogP contribution in [-0.2, 0) is 6.54 Å². The number of aromatic carboxylic acids is 1. The number of para-hydroxylation sites is 1. The summed E-state index contributed by atoms with van der Waals surface area (Å²) in [5.41, 5.74) is 2.93. The van der Waals surface area contributed by atoms with Crippen molar-refractivity contribution in [2.75, 3.05) is 18.5 Å². The molecule has 0 atom stereocenters. The van der Waals surface area contributed by atoms with E-state index in [2.05, 4.69) is 21.2 Å². The Labute approximate surface area is 139 Å². The van der Waals surface area contributed by atoms with Crippen molar-refractivity contribution in [2.45, 2.75) is 6.54 Å². The second-order valence-corrected chi connectivity index (χ2v) is 5.79. The average Bonchev–Trinajstić information content (AvgIpc) is 2.97. The molecule has 0 radical (unpaired) electrons. The van der Waals surface area contributed by atoms with Crippen LogP contribution in [0.2, 0.25) is 0 Å². The van der Waals surface area contributed by atoms with Gasteiger partial charge in [-0.3, -0.25) is 0 Å². The molecule has 1 aliphatic heterocycles. The van der Waals surface area contributed by atoms with Crippen LogP contribution >= 0.6 is 0 Å². The van der Waals surface area contributed by atoms with Crippen molar-refractivity contribution < 1.29 is 9.90 Å². The second-order valence-electron chi connectivity index (χ2n) is 5.79. The standard InChI is InChI=1S/C18H16N4O2/c1-21-10-11-22-16(12-6-2-3-7-13(12)18(23)24)19-20-17(22)14-8-4-5-9-15(14)21/h2-9H,10-11H2,1H3,(H,23,24). The van der Waals surface area contributed by atoms with E-state index in [-0.39, 0.29) is 5.56 Å². The lowest BCUT2D eigenvalue weighted by Crippen LogP contribution is -2.21. The molecule has 0 spiro atoms. The van der Waals surface area contributed by atoms with Gasteiger partial charge in [-0.05, 0) is 18.2 Å². The summed E-state index contributed by atoms with van der Waals surface area (Å²) in [6, 6.07) is 15.0. The minimum absolute atomic E-state index is 0.235. The van der Waals surface area contributed by atoms with Crippen LogP contribution in [0.5, 0.6) is 0 Å². The number of carbonyl (C=O) groups is 1. The summed E-state index contributed by atoms with van der Waals surface area (Å²) in [6.45, 7) is 1.49. The number of fused-ring (bicyclic) bond motifs is 3. The average molecular weight is 320 g/mol. The van der Waals surface area contributed by atoms with Crippen LogP contribution in [0.4, 0.5) is 5.69 Å². The largest absolute Gasteiger partial charge is 0.478 e. The summed E-state index contributed by atoms with van der Waals surface area (Å²) in [4.78, 5) is 13.7. The number of nitrogens with zero attached hydrogens (tertiary/aromatic N) is 4. The predicted octanol–water partition coefficient (Wildman–Crippen LogP) is 2.76. The lowest BCUT2D eigenvalue weighted by molar-refractivity contribution is 0.0697. The molecule has 120 valence electrons. The molecular weight excluding hydrogens is 304 g/mol. The van der Waals surface area contributed by atoms with Gasteiger partial charge in [-0.25, -0.2) is 4.79 Å². The quantitative estimate of drug-likeness (QED) is 0.786. The third-order valence-electron chi connectivity index (χ3n) is 4.36. The Balaban J connectivity index is 1.94. The summed E-state index contributed by atoms with van der Waals surface area (Å²) in [5.74, 6) is 0.396. The van der Waals surface area contributed by atoms with Crippen LogP contribution in [0.25, 0.3) is 22.8 Å². The zero-order valence-corrected chi connectivity index (χ0v) is 13.2. The topological polar surface area (TPSA) is 71.2 Å². The summed E-state index contributed by atoms with van der Waals surface area (Å²) >= 11 is 0. The maximum atomic E-state index is 11.5. The first-order chi connectivity index (χ1) is 11.7. The fourth-order valence-electron chi connectivity index (χ4n) is 3.14. The van der Waals surface area contributed by atoms with Gasteiger partial charge in [0.05, 0.1) is 5.56 Å². The highest BCUT2D eigenvalue weighted by Gasteiger charge is 2.24. The summed E-state index contributed by atoms with van der Waals surface area (Å²) in [6.07, 6.45) is 0. The van der Waals surface area contributed by atoms with Crippen molar-refractivity contribution in [3.63, 3.8) is 0 Å². The van der Waals surface area contributed by atoms with E-state index in [1.54, 1.807) is 18.2 Å². The van der Waals surface area contributed by atoms with Crippen LogP contribution in [0, 0.1) is 0 Å². The third kappa shape index (κ3) is 2.15. The Hall–Kier alpha value is -3.15. The van der Waals surface area contributed by atoms with Crippen LogP contribution in [0.3, 0.4) is 0 Å². The molecular formula is C18H16N4O2. The minimum Gasteiger partial charge on any atom is -0.478 e. The van der Waals surface area contributed by atoms with Gasteiger partial charge in [0.15, 0.2) is 11.6 Å². The summed E-state index contributed by atoms with van der Waals surface area (Å²) in [5, 5.41) is 18.1. The zero-order valence-electron chi connectivity index (χ0n) is 13.2. The van der Waals surface area contributed by atoms with E-state index >= 15 is 0 Å². The van der Waals surface area contributed by atoms with Gasteiger partial charge in [-0.2, -0.15) is 0 Å². The zero-order chi connectivity index (χ0) is 16.7. The molecule has 0 aliphatic carbocycles. The van der Waals surface area contributed by atoms with Gasteiger partial charge in [0.1, 0.15) is 0 Å². The number of hydrogen-bond acceptors (Lipinski definition) is 4. The van der Waals surface area contributed by atoms with Crippen molar-refractivity contribution in [2.24, 2.45) is 0 Å². The van der Waals surface area contributed by atoms with Crippen LogP contribution in [0.15, 0.2) is 48.5 Å². The van der Waals surface area contributed by atoms with E-state index in [4.69, 9.17) is 0 Å². The molecule has 1 aliphatic rings. The van der Waals surface area contributed by atoms with Gasteiger partial charge in [-0.1, -0.05) is 30.3 Å². The summed E-state index contributed by atoms with van der Waals surface area (Å²) < 4.78 is 2.00. The lowest BCUT2D eigenvalue weighted by atomic mass is 10.1. The Morgan fingerprint density at radius 3 is 2.33 bits per heavy atom. The van der Waals surface area contributed by atoms with Gasteiger partial charge >= 0.3 is 5.97 Å². The van der Waals surface area contributed by atoms with Crippen molar-refractivity contribution in [3.05, 3.63) is 54.1 Å². The van der Waals surface area contributed by atoms with Crippen molar-refractivity contribution in [1.29, 1.82) is 0 Å². The molecule has 2 aromatic carbocycles. The molecule has 6 nitrogen and oxygen atoms in total. The molecule has 0 amide bonds. The molecule has 4 rings (SSSR count). The molecule has 2 heterocycles. The van der Waals surface area contributed by atoms with E-state index in [1.165, 1.54) is 0 Å². The Bertz CT molecular complexity index is 932. The third-order valence-corrected chi connectivity index (χ3v) is 4.36. The van der Waals surface area contributed by atoms with Crippen LogP contribution in [-0.4, -0.2) is 39.4 Å². The minimum atomic E-state index is -0.964. The first-order valence-electron chi connectivity index (χ1n) is 7.73. The molecule has 6 heteroatoms. The van der Waals surface area contributed by atoms with E-state index in [0.29, 0.717) is 17.9 Å². The van der Waals surface area contributed by atoms with Gasteiger partial charge in [0, 0.05) is 37.0 Å². The molecule has 0 saturated carbocycles. The maximum absolute atomic E-state index is 11.5. The number of carboxylic acid groups (broad SMARTS) is 1. The number of carboxylic acids is 1. The molecule has 1 aromatic heterocycles. The molecule has 1 N–H and O–H groups in total. The van der Waals surface area contributed by atoms with Gasteiger partial charge < -0.3 is 14.6 Å². The molecule has 3 aromatic rings. The lowest BCUT2D eigenvalue weighted by Gasteiger charge is -2.18. The van der Waals surface area contributed by atoms with E-state index in [0.717, 1.165) is 23.6 Å². The highest BCUT2D eigenvalue weighted by atomic mass is 16.4. The fourth-order valence-corrected chi connectivity index (χ4v) is 3.14. The fraction of sp³-hybridized carbons (Fsp3) is 0.167. The van der Waals surface area contributed by atoms with Gasteiger partial charge in [0.2, 0.25) is 0 Å². The van der Waals surface area contributed by atoms with Crippen LogP contribution < -0.4 is 4.90 Å². The number of aromatic nitrogens is 3. The predicted molar refractivity (Wildman–Crippen MR) is 91.1 cm³/mol. The highest BCUT2D eigenvalue weighted by molar-refractivity contribution is 5.95. The monoisotopic (exact) mass is 320 g/mol. The SMILES string of the molecule is CN1CCn2c(-c3ccccc3C(=O)O)nnc2-c2ccccc21. The molecule has 0 bridgehead atoms. The van der Waals surface area contributed by atoms with Gasteiger partial charge in [-0.15, -0.1) is 10.2 Å². The van der Waals surface area contributed by atoms with Crippen LogP contribution in [0.1, 0.15) is 10.4 Å². The second kappa shape index (κ2) is 5.49. The number of hydrogen-bond donors (Lipinski definition) is 1. The number of likely N-dealkylation sites (N-methyl/N-ethyl adjacent to an activating group) is 1. The molecule has 0 fully saturated rings. The van der Waals surface area contributed by atoms with Crippen molar-refractivity contribution >= 4 is 11.7 Å². The Kier molecular flexibility index (Phi) is 3.30. The Morgan fingerprint density at radius 2 is 1.58 bits per heavy atom. The normalized spacial score (nSPS) is 13.1. The maximum Gasteiger partial charge on any atom is 0.336 e. The van der Waals surface area contributed by atoms with Gasteiger partial charge in [0.25, 0.3) is 0 Å². The molecule has 0 unspecified atom stereocenters. The highest BCUT2D eigenvalue weighted by Crippen LogP contribution is 2.34. The molecule has 24 heavy (non-hydrogen) atoms. The molecule has 0 saturated heterocycles.